The van der Waals surface area contributed by atoms with Crippen LogP contribution in [-0.2, 0) is 0 Å². The predicted molar refractivity (Wildman–Crippen MR) is 58.9 cm³/mol. The average molecular weight is 279 g/mol. The third kappa shape index (κ3) is 2.20. The lowest BCUT2D eigenvalue weighted by atomic mass is 10.1. The van der Waals surface area contributed by atoms with E-state index in [2.05, 4.69) is 29.2 Å². The third-order valence-corrected chi connectivity index (χ3v) is 2.52. The first-order chi connectivity index (χ1) is 5.11. The van der Waals surface area contributed by atoms with E-state index in [1.807, 2.05) is 25.1 Å². The van der Waals surface area contributed by atoms with Crippen molar-refractivity contribution in [2.24, 2.45) is 0 Å². The highest BCUT2D eigenvalue weighted by Crippen LogP contribution is 2.22. The molecule has 0 aliphatic rings. The SMILES string of the molecule is C=C(C)c1ccc(Cl)cc1I. The van der Waals surface area contributed by atoms with Gasteiger partial charge in [0.05, 0.1) is 0 Å². The van der Waals surface area contributed by atoms with E-state index in [0.29, 0.717) is 0 Å². The van der Waals surface area contributed by atoms with Crippen LogP contribution >= 0.6 is 34.2 Å². The van der Waals surface area contributed by atoms with Crippen molar-refractivity contribution < 1.29 is 0 Å². The quantitative estimate of drug-likeness (QED) is 0.682. The second kappa shape index (κ2) is 3.59. The van der Waals surface area contributed by atoms with Gasteiger partial charge in [-0.25, -0.2) is 0 Å². The number of rotatable bonds is 1. The van der Waals surface area contributed by atoms with Crippen molar-refractivity contribution in [3.05, 3.63) is 38.9 Å². The smallest absolute Gasteiger partial charge is 0.0416 e. The van der Waals surface area contributed by atoms with Crippen LogP contribution in [0.5, 0.6) is 0 Å². The summed E-state index contributed by atoms with van der Waals surface area (Å²) in [5, 5.41) is 0.777. The lowest BCUT2D eigenvalue weighted by Gasteiger charge is -2.02. The molecule has 0 aliphatic heterocycles. The van der Waals surface area contributed by atoms with Crippen molar-refractivity contribution in [1.82, 2.24) is 0 Å². The fourth-order valence-corrected chi connectivity index (χ4v) is 2.17. The van der Waals surface area contributed by atoms with E-state index in [9.17, 15) is 0 Å². The second-order valence-electron chi connectivity index (χ2n) is 2.40. The molecule has 0 amide bonds. The molecular formula is C9H8ClI. The molecule has 1 aromatic rings. The number of allylic oxidation sites excluding steroid dienone is 1. The zero-order valence-corrected chi connectivity index (χ0v) is 9.11. The molecule has 0 aromatic heterocycles. The first-order valence-corrected chi connectivity index (χ1v) is 4.68. The van der Waals surface area contributed by atoms with E-state index >= 15 is 0 Å². The van der Waals surface area contributed by atoms with Crippen LogP contribution in [0.25, 0.3) is 5.57 Å². The van der Waals surface area contributed by atoms with E-state index in [4.69, 9.17) is 11.6 Å². The first-order valence-electron chi connectivity index (χ1n) is 3.22. The molecule has 1 aromatic carbocycles. The maximum absolute atomic E-state index is 5.79. The predicted octanol–water partition coefficient (Wildman–Crippen LogP) is 3.98. The summed E-state index contributed by atoms with van der Waals surface area (Å²) in [4.78, 5) is 0. The standard InChI is InChI=1S/C9H8ClI/c1-6(2)8-4-3-7(10)5-9(8)11/h3-5H,1H2,2H3. The summed E-state index contributed by atoms with van der Waals surface area (Å²) < 4.78 is 1.16. The van der Waals surface area contributed by atoms with Crippen molar-refractivity contribution in [2.75, 3.05) is 0 Å². The summed E-state index contributed by atoms with van der Waals surface area (Å²) in [6, 6.07) is 5.81. The Hall–Kier alpha value is -0.0200. The maximum atomic E-state index is 5.79. The molecule has 0 spiro atoms. The molecule has 0 fully saturated rings. The molecule has 11 heavy (non-hydrogen) atoms. The topological polar surface area (TPSA) is 0 Å². The molecule has 1 rings (SSSR count). The summed E-state index contributed by atoms with van der Waals surface area (Å²) in [5.74, 6) is 0. The van der Waals surface area contributed by atoms with Gasteiger partial charge < -0.3 is 0 Å². The van der Waals surface area contributed by atoms with Crippen LogP contribution < -0.4 is 0 Å². The summed E-state index contributed by atoms with van der Waals surface area (Å²) in [5.41, 5.74) is 2.25. The molecule has 0 saturated carbocycles. The monoisotopic (exact) mass is 278 g/mol. The van der Waals surface area contributed by atoms with E-state index < -0.39 is 0 Å². The Kier molecular flexibility index (Phi) is 2.96. The minimum Gasteiger partial charge on any atom is -0.0955 e. The Morgan fingerprint density at radius 2 is 2.18 bits per heavy atom. The lowest BCUT2D eigenvalue weighted by Crippen LogP contribution is -1.82. The van der Waals surface area contributed by atoms with Gasteiger partial charge in [-0.05, 0) is 47.2 Å². The number of hydrogen-bond donors (Lipinski definition) is 0. The fraction of sp³-hybridized carbons (Fsp3) is 0.111. The normalized spacial score (nSPS) is 9.73. The van der Waals surface area contributed by atoms with Crippen LogP contribution in [-0.4, -0.2) is 0 Å². The van der Waals surface area contributed by atoms with Crippen molar-refractivity contribution in [3.63, 3.8) is 0 Å². The lowest BCUT2D eigenvalue weighted by molar-refractivity contribution is 1.53. The van der Waals surface area contributed by atoms with Gasteiger partial charge in [-0.3, -0.25) is 0 Å². The minimum atomic E-state index is 0.777. The van der Waals surface area contributed by atoms with E-state index in [1.165, 1.54) is 5.56 Å². The van der Waals surface area contributed by atoms with Crippen LogP contribution in [0.1, 0.15) is 12.5 Å². The van der Waals surface area contributed by atoms with Crippen LogP contribution in [0.2, 0.25) is 5.02 Å². The van der Waals surface area contributed by atoms with E-state index in [0.717, 1.165) is 14.2 Å². The van der Waals surface area contributed by atoms with Gasteiger partial charge >= 0.3 is 0 Å². The molecule has 0 unspecified atom stereocenters. The van der Waals surface area contributed by atoms with Gasteiger partial charge in [0.15, 0.2) is 0 Å². The Labute approximate surface area is 85.4 Å². The van der Waals surface area contributed by atoms with Crippen molar-refractivity contribution in [3.8, 4) is 0 Å². The van der Waals surface area contributed by atoms with Crippen LogP contribution in [0.3, 0.4) is 0 Å². The van der Waals surface area contributed by atoms with Gasteiger partial charge in [0.2, 0.25) is 0 Å². The molecule has 0 saturated heterocycles. The molecule has 0 N–H and O–H groups in total. The van der Waals surface area contributed by atoms with Crippen molar-refractivity contribution in [2.45, 2.75) is 6.92 Å². The molecule has 0 radical (unpaired) electrons. The molecule has 0 nitrogen and oxygen atoms in total. The number of halogens is 2. The van der Waals surface area contributed by atoms with Crippen LogP contribution in [0.4, 0.5) is 0 Å². The minimum absolute atomic E-state index is 0.777. The fourth-order valence-electron chi connectivity index (χ4n) is 0.836. The molecule has 0 bridgehead atoms. The highest BCUT2D eigenvalue weighted by atomic mass is 127. The molecular weight excluding hydrogens is 270 g/mol. The average Bonchev–Trinajstić information content (AvgIpc) is 1.85. The highest BCUT2D eigenvalue weighted by Gasteiger charge is 1.99. The molecule has 58 valence electrons. The Bertz CT molecular complexity index is 292. The van der Waals surface area contributed by atoms with Gasteiger partial charge in [-0.1, -0.05) is 29.8 Å². The third-order valence-electron chi connectivity index (χ3n) is 1.39. The number of hydrogen-bond acceptors (Lipinski definition) is 0. The van der Waals surface area contributed by atoms with Crippen molar-refractivity contribution in [1.29, 1.82) is 0 Å². The zero-order valence-electron chi connectivity index (χ0n) is 6.20. The van der Waals surface area contributed by atoms with Crippen molar-refractivity contribution >= 4 is 39.8 Å². The summed E-state index contributed by atoms with van der Waals surface area (Å²) in [6.07, 6.45) is 0. The Balaban J connectivity index is 3.20. The largest absolute Gasteiger partial charge is 0.0955 e. The molecule has 0 aliphatic carbocycles. The first kappa shape index (κ1) is 9.07. The van der Waals surface area contributed by atoms with Crippen LogP contribution in [0.15, 0.2) is 24.8 Å². The summed E-state index contributed by atoms with van der Waals surface area (Å²) in [6.45, 7) is 5.86. The van der Waals surface area contributed by atoms with Gasteiger partial charge in [-0.15, -0.1) is 0 Å². The van der Waals surface area contributed by atoms with Crippen LogP contribution in [0, 0.1) is 3.57 Å². The van der Waals surface area contributed by atoms with E-state index in [1.54, 1.807) is 0 Å². The van der Waals surface area contributed by atoms with Gasteiger partial charge in [0, 0.05) is 8.59 Å². The zero-order chi connectivity index (χ0) is 8.43. The molecule has 2 heteroatoms. The maximum Gasteiger partial charge on any atom is 0.0416 e. The summed E-state index contributed by atoms with van der Waals surface area (Å²) in [7, 11) is 0. The van der Waals surface area contributed by atoms with Gasteiger partial charge in [-0.2, -0.15) is 0 Å². The van der Waals surface area contributed by atoms with E-state index in [-0.39, 0.29) is 0 Å². The number of benzene rings is 1. The molecule has 0 heterocycles. The second-order valence-corrected chi connectivity index (χ2v) is 4.00. The van der Waals surface area contributed by atoms with Gasteiger partial charge in [0.1, 0.15) is 0 Å². The Morgan fingerprint density at radius 3 is 2.64 bits per heavy atom. The molecule has 0 atom stereocenters. The summed E-state index contributed by atoms with van der Waals surface area (Å²) >= 11 is 8.04. The Morgan fingerprint density at radius 1 is 1.55 bits per heavy atom. The van der Waals surface area contributed by atoms with Gasteiger partial charge in [0.25, 0.3) is 0 Å². The highest BCUT2D eigenvalue weighted by molar-refractivity contribution is 14.1.